The number of allylic oxidation sites excluding steroid dienone is 15. The first-order chi connectivity index (χ1) is 36.7. The van der Waals surface area contributed by atoms with Crippen molar-refractivity contribution in [3.8, 4) is 0 Å². The Morgan fingerprint density at radius 2 is 0.608 bits per heavy atom. The summed E-state index contributed by atoms with van der Waals surface area (Å²) < 4.78 is 0. The molecule has 3 N–H and O–H groups in total. The lowest BCUT2D eigenvalue weighted by molar-refractivity contribution is -0.123. The Balaban J connectivity index is 3.52. The van der Waals surface area contributed by atoms with Crippen LogP contribution in [0.1, 0.15) is 322 Å². The molecule has 0 aliphatic rings. The van der Waals surface area contributed by atoms with Crippen molar-refractivity contribution in [1.82, 2.24) is 5.32 Å². The summed E-state index contributed by atoms with van der Waals surface area (Å²) in [6.45, 7) is 4.20. The summed E-state index contributed by atoms with van der Waals surface area (Å²) in [6.07, 6.45) is 96.1. The Labute approximate surface area is 462 Å². The predicted octanol–water partition coefficient (Wildman–Crippen LogP) is 22.0. The summed E-state index contributed by atoms with van der Waals surface area (Å²) >= 11 is 0. The number of hydrogen-bond acceptors (Lipinski definition) is 3. The number of hydrogen-bond donors (Lipinski definition) is 3. The molecular weight excluding hydrogens is 903 g/mol. The van der Waals surface area contributed by atoms with Crippen LogP contribution in [0.2, 0.25) is 0 Å². The summed E-state index contributed by atoms with van der Waals surface area (Å²) in [5.74, 6) is -0.0758. The number of aliphatic hydroxyl groups excluding tert-OH is 2. The topological polar surface area (TPSA) is 69.6 Å². The van der Waals surface area contributed by atoms with Crippen molar-refractivity contribution in [2.45, 2.75) is 334 Å². The maximum atomic E-state index is 12.5. The molecule has 0 aromatic carbocycles. The van der Waals surface area contributed by atoms with Gasteiger partial charge in [0, 0.05) is 6.42 Å². The Morgan fingerprint density at radius 3 is 0.946 bits per heavy atom. The number of carbonyl (C=O) groups is 1. The smallest absolute Gasteiger partial charge is 0.220 e. The molecule has 4 nitrogen and oxygen atoms in total. The van der Waals surface area contributed by atoms with Crippen LogP contribution in [-0.2, 0) is 4.79 Å². The second-order valence-corrected chi connectivity index (χ2v) is 21.8. The van der Waals surface area contributed by atoms with Gasteiger partial charge in [-0.05, 0) is 89.9 Å². The molecule has 0 aromatic rings. The Morgan fingerprint density at radius 1 is 0.338 bits per heavy atom. The predicted molar refractivity (Wildman–Crippen MR) is 331 cm³/mol. The van der Waals surface area contributed by atoms with E-state index in [0.29, 0.717) is 6.42 Å². The summed E-state index contributed by atoms with van der Waals surface area (Å²) in [5, 5.41) is 23.2. The maximum Gasteiger partial charge on any atom is 0.220 e. The zero-order valence-electron chi connectivity index (χ0n) is 49.3. The fourth-order valence-electron chi connectivity index (χ4n) is 9.65. The monoisotopic (exact) mass is 1030 g/mol. The molecule has 0 aliphatic heterocycles. The Kier molecular flexibility index (Phi) is 62.2. The highest BCUT2D eigenvalue weighted by Crippen LogP contribution is 2.17. The van der Waals surface area contributed by atoms with Gasteiger partial charge in [-0.3, -0.25) is 4.79 Å². The van der Waals surface area contributed by atoms with Crippen molar-refractivity contribution in [3.05, 3.63) is 97.2 Å². The lowest BCUT2D eigenvalue weighted by Gasteiger charge is -2.19. The minimum Gasteiger partial charge on any atom is -0.394 e. The quantitative estimate of drug-likeness (QED) is 0.0420. The number of unbranched alkanes of at least 4 members (excludes halogenated alkanes) is 38. The largest absolute Gasteiger partial charge is 0.394 e. The van der Waals surface area contributed by atoms with Gasteiger partial charge in [-0.25, -0.2) is 0 Å². The molecule has 0 aromatic heterocycles. The first kappa shape index (κ1) is 71.3. The molecule has 0 bridgehead atoms. The second-order valence-electron chi connectivity index (χ2n) is 21.8. The maximum absolute atomic E-state index is 12.5. The van der Waals surface area contributed by atoms with Crippen LogP contribution in [0.3, 0.4) is 0 Å². The second kappa shape index (κ2) is 64.6. The molecule has 1 amide bonds. The van der Waals surface area contributed by atoms with Crippen LogP contribution in [0.25, 0.3) is 0 Å². The van der Waals surface area contributed by atoms with E-state index in [-0.39, 0.29) is 12.5 Å². The van der Waals surface area contributed by atoms with Crippen molar-refractivity contribution in [2.75, 3.05) is 6.61 Å². The third kappa shape index (κ3) is 60.2. The SMILES string of the molecule is CC/C=C\C/C=C\C/C=C\C/C=C\C/C=C\CCCCCCCCCCCCCCCCCCCCCC(=O)NC(CO)C(O)/C=C/CC/C=C/CC/C=C/CCCCCCCCCCCCCCCCCCC. The van der Waals surface area contributed by atoms with Crippen molar-refractivity contribution in [3.63, 3.8) is 0 Å². The average Bonchev–Trinajstić information content (AvgIpc) is 3.40. The number of carbonyl (C=O) groups excluding carboxylic acids is 1. The van der Waals surface area contributed by atoms with E-state index in [1.807, 2.05) is 6.08 Å². The van der Waals surface area contributed by atoms with Crippen molar-refractivity contribution >= 4 is 5.91 Å². The molecule has 0 radical (unpaired) electrons. The standard InChI is InChI=1S/C70H125NO3/c1-3-5-7-9-11-13-15-17-19-21-23-25-27-29-31-32-33-34-35-36-37-38-40-42-44-46-48-50-52-54-56-58-60-62-64-66-70(74)71-68(67-72)69(73)65-63-61-59-57-55-53-51-49-47-45-43-41-39-30-28-26-24-22-20-18-16-14-12-10-8-6-4-2/h5,7,11,13,17,19,23,25,29,31,47,49,55,57,63,65,68-69,72-73H,3-4,6,8-10,12,14-16,18,20-22,24,26-28,30,32-46,48,50-54,56,58-62,64,66-67H2,1-2H3,(H,71,74)/b7-5-,13-11-,19-17-,25-23-,31-29-,49-47+,57-55+,65-63+. The highest BCUT2D eigenvalue weighted by atomic mass is 16.3. The molecular formula is C70H125NO3. The molecule has 0 rings (SSSR count). The van der Waals surface area contributed by atoms with Crippen LogP contribution < -0.4 is 5.32 Å². The van der Waals surface area contributed by atoms with Crippen LogP contribution in [0.4, 0.5) is 0 Å². The number of amides is 1. The summed E-state index contributed by atoms with van der Waals surface area (Å²) in [4.78, 5) is 12.5. The highest BCUT2D eigenvalue weighted by Gasteiger charge is 2.18. The van der Waals surface area contributed by atoms with Gasteiger partial charge in [0.15, 0.2) is 0 Å². The Hall–Kier alpha value is -2.69. The van der Waals surface area contributed by atoms with E-state index < -0.39 is 12.1 Å². The molecule has 0 fully saturated rings. The normalized spacial score (nSPS) is 13.4. The molecule has 0 saturated heterocycles. The third-order valence-corrected chi connectivity index (χ3v) is 14.5. The molecule has 0 spiro atoms. The number of aliphatic hydroxyl groups is 2. The van der Waals surface area contributed by atoms with Gasteiger partial charge in [0.2, 0.25) is 5.91 Å². The molecule has 4 heteroatoms. The highest BCUT2D eigenvalue weighted by molar-refractivity contribution is 5.76. The zero-order valence-corrected chi connectivity index (χ0v) is 49.3. The van der Waals surface area contributed by atoms with Crippen molar-refractivity contribution in [1.29, 1.82) is 0 Å². The van der Waals surface area contributed by atoms with Gasteiger partial charge in [-0.1, -0.05) is 323 Å². The fraction of sp³-hybridized carbons (Fsp3) is 0.757. The van der Waals surface area contributed by atoms with Crippen molar-refractivity contribution < 1.29 is 15.0 Å². The van der Waals surface area contributed by atoms with Gasteiger partial charge in [-0.15, -0.1) is 0 Å². The van der Waals surface area contributed by atoms with Crippen LogP contribution in [0, 0.1) is 0 Å². The lowest BCUT2D eigenvalue weighted by atomic mass is 10.0. The molecule has 0 heterocycles. The summed E-state index contributed by atoms with van der Waals surface area (Å²) in [5.41, 5.74) is 0. The molecule has 0 aliphatic carbocycles. The summed E-state index contributed by atoms with van der Waals surface area (Å²) in [7, 11) is 0. The van der Waals surface area contributed by atoms with E-state index in [1.54, 1.807) is 6.08 Å². The van der Waals surface area contributed by atoms with Gasteiger partial charge in [0.25, 0.3) is 0 Å². The number of rotatable bonds is 59. The Bertz CT molecular complexity index is 1350. The minimum absolute atomic E-state index is 0.0758. The fourth-order valence-corrected chi connectivity index (χ4v) is 9.65. The van der Waals surface area contributed by atoms with E-state index in [9.17, 15) is 15.0 Å². The van der Waals surface area contributed by atoms with Crippen LogP contribution in [0.15, 0.2) is 97.2 Å². The minimum atomic E-state index is -0.875. The molecule has 2 unspecified atom stereocenters. The van der Waals surface area contributed by atoms with E-state index in [2.05, 4.69) is 104 Å². The average molecular weight is 1030 g/mol. The first-order valence-corrected chi connectivity index (χ1v) is 32.5. The van der Waals surface area contributed by atoms with Gasteiger partial charge in [0.1, 0.15) is 0 Å². The van der Waals surface area contributed by atoms with Crippen molar-refractivity contribution in [2.24, 2.45) is 0 Å². The number of nitrogens with one attached hydrogen (secondary N) is 1. The van der Waals surface area contributed by atoms with Crippen LogP contribution in [0.5, 0.6) is 0 Å². The van der Waals surface area contributed by atoms with E-state index >= 15 is 0 Å². The van der Waals surface area contributed by atoms with Gasteiger partial charge < -0.3 is 15.5 Å². The van der Waals surface area contributed by atoms with Gasteiger partial charge in [-0.2, -0.15) is 0 Å². The molecule has 0 saturated carbocycles. The molecule has 74 heavy (non-hydrogen) atoms. The van der Waals surface area contributed by atoms with Gasteiger partial charge in [0.05, 0.1) is 18.8 Å². The molecule has 428 valence electrons. The lowest BCUT2D eigenvalue weighted by Crippen LogP contribution is -2.45. The third-order valence-electron chi connectivity index (χ3n) is 14.5. The molecule has 2 atom stereocenters. The first-order valence-electron chi connectivity index (χ1n) is 32.5. The van der Waals surface area contributed by atoms with Crippen LogP contribution >= 0.6 is 0 Å². The van der Waals surface area contributed by atoms with E-state index in [0.717, 1.165) is 70.6 Å². The summed E-state index contributed by atoms with van der Waals surface area (Å²) in [6, 6.07) is -0.651. The van der Waals surface area contributed by atoms with Crippen LogP contribution in [-0.4, -0.2) is 34.9 Å². The van der Waals surface area contributed by atoms with Gasteiger partial charge >= 0.3 is 0 Å². The van der Waals surface area contributed by atoms with E-state index in [4.69, 9.17) is 0 Å². The van der Waals surface area contributed by atoms with E-state index in [1.165, 1.54) is 231 Å². The zero-order chi connectivity index (χ0) is 53.4.